The number of guanidine groups is 2. The van der Waals surface area contributed by atoms with Crippen molar-refractivity contribution >= 4 is 57.7 Å². The van der Waals surface area contributed by atoms with Crippen LogP contribution in [0, 0.1) is 19.3 Å². The van der Waals surface area contributed by atoms with Crippen molar-refractivity contribution in [2.75, 3.05) is 0 Å². The SMILES string of the molecule is Cc1cc(CN)cc(Oc2cccc3c2ccn3CC(=O)N=C(N)N)n1.Cc1cc(CNC(=O)OC(C)(C)C)cc(Oc2cccc3c2ccn3CC(=O)NC(=N)NC(=O)OC(C)(C)C)n1. The van der Waals surface area contributed by atoms with Crippen LogP contribution in [0.4, 0.5) is 9.59 Å². The maximum atomic E-state index is 12.5. The van der Waals surface area contributed by atoms with E-state index >= 15 is 0 Å². The molecule has 0 saturated carbocycles. The second kappa shape index (κ2) is 21.1. The lowest BCUT2D eigenvalue weighted by Gasteiger charge is -2.19. The van der Waals surface area contributed by atoms with E-state index in [4.69, 9.17) is 41.6 Å². The van der Waals surface area contributed by atoms with E-state index in [1.807, 2.05) is 68.4 Å². The third-order valence-corrected chi connectivity index (χ3v) is 8.79. The number of nitrogens with zero attached hydrogens (tertiary/aromatic N) is 5. The molecule has 0 aliphatic rings. The van der Waals surface area contributed by atoms with Crippen LogP contribution in [0.3, 0.4) is 0 Å². The lowest BCUT2D eigenvalue weighted by Crippen LogP contribution is -2.45. The van der Waals surface area contributed by atoms with Gasteiger partial charge in [0.2, 0.25) is 23.6 Å². The van der Waals surface area contributed by atoms with Crippen molar-refractivity contribution in [2.45, 2.75) is 92.8 Å². The average Bonchev–Trinajstić information content (AvgIpc) is 3.80. The van der Waals surface area contributed by atoms with Crippen molar-refractivity contribution < 1.29 is 38.1 Å². The first kappa shape index (κ1) is 49.0. The van der Waals surface area contributed by atoms with Crippen molar-refractivity contribution in [1.29, 1.82) is 5.41 Å². The molecule has 0 bridgehead atoms. The van der Waals surface area contributed by atoms with E-state index in [1.165, 1.54) is 0 Å². The number of ether oxygens (including phenoxy) is 4. The molecule has 10 N–H and O–H groups in total. The summed E-state index contributed by atoms with van der Waals surface area (Å²) < 4.78 is 25.9. The summed E-state index contributed by atoms with van der Waals surface area (Å²) in [7, 11) is 0. The Bertz CT molecular complexity index is 2780. The van der Waals surface area contributed by atoms with E-state index in [-0.39, 0.29) is 25.6 Å². The zero-order valence-electron chi connectivity index (χ0n) is 38.1. The van der Waals surface area contributed by atoms with Crippen LogP contribution < -0.4 is 42.6 Å². The van der Waals surface area contributed by atoms with Gasteiger partial charge in [-0.25, -0.2) is 19.6 Å². The fourth-order valence-corrected chi connectivity index (χ4v) is 6.39. The number of carbonyl (C=O) groups excluding carboxylic acids is 4. The zero-order chi connectivity index (χ0) is 48.3. The number of nitrogens with one attached hydrogen (secondary N) is 4. The van der Waals surface area contributed by atoms with Crippen molar-refractivity contribution in [1.82, 2.24) is 35.1 Å². The number of aliphatic imine (C=N–C) groups is 1. The Morgan fingerprint density at radius 2 is 1.20 bits per heavy atom. The van der Waals surface area contributed by atoms with Crippen LogP contribution in [0.15, 0.2) is 90.2 Å². The smallest absolute Gasteiger partial charge is 0.414 e. The summed E-state index contributed by atoms with van der Waals surface area (Å²) in [5.74, 6) is 0.313. The zero-order valence-corrected chi connectivity index (χ0v) is 38.1. The standard InChI is InChI=1S/C28H36N6O6.C18H20N6O2/c1-17-13-18(15-30-25(36)39-27(2,3)4)14-23(31-17)38-21-10-8-9-20-19(21)11-12-34(20)16-22(35)32-24(29)33-26(37)40-28(5,6)7;1-11-7-12(9-19)8-17(22-11)26-15-4-2-3-14-13(15)5-6-24(14)10-16(25)23-18(20)21/h8-14H,15-16H2,1-7H3,(H,30,36)(H3,29,32,33,35,37);2-8H,9-10,19H2,1H3,(H4,20,21,23,25). The van der Waals surface area contributed by atoms with Crippen molar-refractivity contribution in [3.05, 3.63) is 108 Å². The van der Waals surface area contributed by atoms with Crippen LogP contribution in [-0.4, -0.2) is 66.2 Å². The van der Waals surface area contributed by atoms with Crippen molar-refractivity contribution in [2.24, 2.45) is 22.2 Å². The Labute approximate surface area is 381 Å². The molecule has 348 valence electrons. The minimum atomic E-state index is -0.834. The monoisotopic (exact) mass is 904 g/mol. The summed E-state index contributed by atoms with van der Waals surface area (Å²) in [6.07, 6.45) is 2.16. The van der Waals surface area contributed by atoms with Crippen LogP contribution in [0.2, 0.25) is 0 Å². The summed E-state index contributed by atoms with van der Waals surface area (Å²) in [6, 6.07) is 22.0. The number of alkyl carbamates (subject to hydrolysis) is 2. The first-order chi connectivity index (χ1) is 31.0. The van der Waals surface area contributed by atoms with Crippen LogP contribution in [0.25, 0.3) is 21.8 Å². The Morgan fingerprint density at radius 1 is 0.697 bits per heavy atom. The van der Waals surface area contributed by atoms with Gasteiger partial charge < -0.3 is 50.6 Å². The van der Waals surface area contributed by atoms with Gasteiger partial charge in [0, 0.05) is 59.8 Å². The first-order valence-electron chi connectivity index (χ1n) is 20.7. The number of benzene rings is 2. The molecule has 0 aliphatic carbocycles. The molecule has 0 aliphatic heterocycles. The maximum Gasteiger partial charge on any atom is 0.414 e. The second-order valence-corrected chi connectivity index (χ2v) is 16.9. The summed E-state index contributed by atoms with van der Waals surface area (Å²) in [6.45, 7) is 14.8. The molecule has 0 saturated heterocycles. The lowest BCUT2D eigenvalue weighted by atomic mass is 10.2. The third kappa shape index (κ3) is 14.8. The molecule has 2 aromatic carbocycles. The Morgan fingerprint density at radius 3 is 1.71 bits per heavy atom. The minimum Gasteiger partial charge on any atom is -0.444 e. The topological polar surface area (TPSA) is 291 Å². The Hall–Kier alpha value is -8.00. The van der Waals surface area contributed by atoms with Crippen molar-refractivity contribution in [3.63, 3.8) is 0 Å². The first-order valence-corrected chi connectivity index (χ1v) is 20.7. The molecule has 0 unspecified atom stereocenters. The van der Waals surface area contributed by atoms with Gasteiger partial charge in [-0.05, 0) is 115 Å². The van der Waals surface area contributed by atoms with E-state index in [0.29, 0.717) is 35.5 Å². The lowest BCUT2D eigenvalue weighted by molar-refractivity contribution is -0.120. The highest BCUT2D eigenvalue weighted by atomic mass is 16.6. The van der Waals surface area contributed by atoms with Gasteiger partial charge in [-0.2, -0.15) is 4.99 Å². The average molecular weight is 905 g/mol. The summed E-state index contributed by atoms with van der Waals surface area (Å²) in [4.78, 5) is 60.6. The molecule has 6 rings (SSSR count). The van der Waals surface area contributed by atoms with Crippen molar-refractivity contribution in [3.8, 4) is 23.3 Å². The number of amides is 4. The molecule has 20 heteroatoms. The normalized spacial score (nSPS) is 11.2. The molecule has 0 radical (unpaired) electrons. The summed E-state index contributed by atoms with van der Waals surface area (Å²) in [5.41, 5.74) is 19.7. The van der Waals surface area contributed by atoms with Gasteiger partial charge in [0.1, 0.15) is 35.8 Å². The van der Waals surface area contributed by atoms with E-state index in [1.54, 1.807) is 81.3 Å². The van der Waals surface area contributed by atoms with Gasteiger partial charge in [-0.1, -0.05) is 12.1 Å². The Balaban J connectivity index is 0.000000270. The number of hydrogen-bond donors (Lipinski definition) is 7. The van der Waals surface area contributed by atoms with E-state index < -0.39 is 41.2 Å². The van der Waals surface area contributed by atoms with E-state index in [2.05, 4.69) is 30.9 Å². The van der Waals surface area contributed by atoms with Gasteiger partial charge in [0.25, 0.3) is 5.91 Å². The number of aryl methyl sites for hydroxylation is 2. The fraction of sp³-hybridized carbons (Fsp3) is 0.304. The van der Waals surface area contributed by atoms with E-state index in [9.17, 15) is 19.2 Å². The fourth-order valence-electron chi connectivity index (χ4n) is 6.39. The number of hydrogen-bond acceptors (Lipinski definition) is 12. The third-order valence-electron chi connectivity index (χ3n) is 8.79. The molecule has 0 atom stereocenters. The highest BCUT2D eigenvalue weighted by Crippen LogP contribution is 2.32. The quantitative estimate of drug-likeness (QED) is 0.0569. The highest BCUT2D eigenvalue weighted by molar-refractivity contribution is 6.02. The molecule has 66 heavy (non-hydrogen) atoms. The molecule has 0 spiro atoms. The number of pyridine rings is 2. The van der Waals surface area contributed by atoms with Gasteiger partial charge in [-0.15, -0.1) is 0 Å². The molecule has 4 amide bonds. The molecular formula is C46H56N12O8. The largest absolute Gasteiger partial charge is 0.444 e. The molecule has 6 aromatic rings. The maximum absolute atomic E-state index is 12.5. The second-order valence-electron chi connectivity index (χ2n) is 16.9. The molecule has 4 aromatic heterocycles. The number of aromatic nitrogens is 4. The number of carbonyl (C=O) groups is 4. The number of fused-ring (bicyclic) bond motifs is 2. The molecule has 20 nitrogen and oxygen atoms in total. The highest BCUT2D eigenvalue weighted by Gasteiger charge is 2.19. The van der Waals surface area contributed by atoms with Gasteiger partial charge >= 0.3 is 12.2 Å². The van der Waals surface area contributed by atoms with Crippen LogP contribution in [-0.2, 0) is 45.2 Å². The minimum absolute atomic E-state index is 0.0326. The van der Waals surface area contributed by atoms with Gasteiger partial charge in [0.15, 0.2) is 5.96 Å². The van der Waals surface area contributed by atoms with Crippen LogP contribution >= 0.6 is 0 Å². The van der Waals surface area contributed by atoms with E-state index in [0.717, 1.165) is 38.6 Å². The molecule has 4 heterocycles. The predicted molar refractivity (Wildman–Crippen MR) is 249 cm³/mol. The van der Waals surface area contributed by atoms with Gasteiger partial charge in [-0.3, -0.25) is 25.6 Å². The molecule has 0 fully saturated rings. The number of rotatable bonds is 11. The Kier molecular flexibility index (Phi) is 15.7. The number of nitrogens with two attached hydrogens (primary N) is 3. The van der Waals surface area contributed by atoms with Gasteiger partial charge in [0.05, 0.1) is 11.0 Å². The van der Waals surface area contributed by atoms with Crippen LogP contribution in [0.1, 0.15) is 64.1 Å². The summed E-state index contributed by atoms with van der Waals surface area (Å²) >= 11 is 0. The molecular weight excluding hydrogens is 849 g/mol. The van der Waals surface area contributed by atoms with Crippen LogP contribution in [0.5, 0.6) is 23.3 Å². The predicted octanol–water partition coefficient (Wildman–Crippen LogP) is 6.13. The summed E-state index contributed by atoms with van der Waals surface area (Å²) in [5, 5.41) is 16.7.